The molecule has 0 spiro atoms. The second-order valence-electron chi connectivity index (χ2n) is 6.83. The molecule has 144 valence electrons. The van der Waals surface area contributed by atoms with Crippen molar-refractivity contribution in [3.05, 3.63) is 101 Å². The van der Waals surface area contributed by atoms with E-state index in [1.165, 1.54) is 12.1 Å². The lowest BCUT2D eigenvalue weighted by molar-refractivity contribution is 0.0951. The molecule has 0 atom stereocenters. The normalized spacial score (nSPS) is 11.4. The van der Waals surface area contributed by atoms with Crippen molar-refractivity contribution in [2.45, 2.75) is 17.7 Å². The highest BCUT2D eigenvalue weighted by molar-refractivity contribution is 7.90. The maximum absolute atomic E-state index is 12.8. The molecule has 0 fully saturated rings. The summed E-state index contributed by atoms with van der Waals surface area (Å²) in [5, 5.41) is 2.98. The summed E-state index contributed by atoms with van der Waals surface area (Å²) in [6, 6.07) is 24.6. The fraction of sp³-hybridized carbons (Fsp3) is 0.174. The van der Waals surface area contributed by atoms with Crippen LogP contribution in [0.2, 0.25) is 0 Å². The molecule has 0 bridgehead atoms. The number of hydrogen-bond donors (Lipinski definition) is 1. The molecule has 0 unspecified atom stereocenters. The molecule has 4 nitrogen and oxygen atoms in total. The summed E-state index contributed by atoms with van der Waals surface area (Å²) < 4.78 is 23.6. The highest BCUT2D eigenvalue weighted by Crippen LogP contribution is 2.24. The number of hydrogen-bond acceptors (Lipinski definition) is 3. The predicted octanol–water partition coefficient (Wildman–Crippen LogP) is 3.96. The van der Waals surface area contributed by atoms with Crippen LogP contribution >= 0.6 is 0 Å². The Hall–Kier alpha value is -2.92. The fourth-order valence-corrected chi connectivity index (χ4v) is 3.81. The Kier molecular flexibility index (Phi) is 5.95. The molecular weight excluding hydrogens is 370 g/mol. The first-order valence-corrected chi connectivity index (χ1v) is 10.9. The number of rotatable bonds is 6. The summed E-state index contributed by atoms with van der Waals surface area (Å²) in [7, 11) is -3.37. The number of carbonyl (C=O) groups excluding carboxylic acids is 1. The molecular formula is C23H23NO3S. The van der Waals surface area contributed by atoms with Crippen LogP contribution in [0.5, 0.6) is 0 Å². The molecule has 0 saturated carbocycles. The van der Waals surface area contributed by atoms with E-state index in [1.807, 2.05) is 60.7 Å². The molecule has 0 heterocycles. The van der Waals surface area contributed by atoms with Gasteiger partial charge in [-0.25, -0.2) is 8.42 Å². The Morgan fingerprint density at radius 2 is 1.43 bits per heavy atom. The molecule has 3 aromatic rings. The van der Waals surface area contributed by atoms with Crippen LogP contribution in [0.15, 0.2) is 83.8 Å². The Bertz CT molecular complexity index is 1020. The van der Waals surface area contributed by atoms with Crippen molar-refractivity contribution in [1.82, 2.24) is 5.32 Å². The fourth-order valence-electron chi connectivity index (χ4n) is 3.17. The van der Waals surface area contributed by atoms with Crippen LogP contribution in [-0.2, 0) is 9.84 Å². The van der Waals surface area contributed by atoms with Crippen LogP contribution in [0.3, 0.4) is 0 Å². The molecule has 0 saturated heterocycles. The number of benzene rings is 3. The van der Waals surface area contributed by atoms with E-state index in [1.54, 1.807) is 13.0 Å². The molecule has 1 N–H and O–H groups in total. The number of sulfone groups is 1. The third-order valence-electron chi connectivity index (χ3n) is 4.75. The van der Waals surface area contributed by atoms with Crippen LogP contribution in [0, 0.1) is 6.92 Å². The van der Waals surface area contributed by atoms with Gasteiger partial charge in [-0.15, -0.1) is 0 Å². The van der Waals surface area contributed by atoms with Gasteiger partial charge in [-0.2, -0.15) is 0 Å². The van der Waals surface area contributed by atoms with Gasteiger partial charge in [0.1, 0.15) is 0 Å². The molecule has 0 aromatic heterocycles. The smallest absolute Gasteiger partial charge is 0.251 e. The standard InChI is InChI=1S/C23H23NO3S/c1-17-13-14-20(28(2,26)27)15-21(17)23(25)24-16-22(18-9-5-3-6-10-18)19-11-7-4-8-12-19/h3-15,22H,16H2,1-2H3,(H,24,25). The highest BCUT2D eigenvalue weighted by Gasteiger charge is 2.18. The van der Waals surface area contributed by atoms with Crippen LogP contribution in [0.4, 0.5) is 0 Å². The van der Waals surface area contributed by atoms with Gasteiger partial charge < -0.3 is 5.32 Å². The van der Waals surface area contributed by atoms with E-state index in [0.717, 1.165) is 22.9 Å². The lowest BCUT2D eigenvalue weighted by Gasteiger charge is -2.19. The average molecular weight is 394 g/mol. The van der Waals surface area contributed by atoms with Crippen LogP contribution in [-0.4, -0.2) is 27.1 Å². The molecule has 0 aliphatic carbocycles. The van der Waals surface area contributed by atoms with E-state index in [-0.39, 0.29) is 16.7 Å². The van der Waals surface area contributed by atoms with E-state index in [0.29, 0.717) is 12.1 Å². The summed E-state index contributed by atoms with van der Waals surface area (Å²) in [5.74, 6) is -0.274. The van der Waals surface area contributed by atoms with E-state index in [4.69, 9.17) is 0 Å². The molecule has 28 heavy (non-hydrogen) atoms. The van der Waals surface area contributed by atoms with Gasteiger partial charge in [-0.3, -0.25) is 4.79 Å². The number of carbonyl (C=O) groups is 1. The van der Waals surface area contributed by atoms with Gasteiger partial charge in [-0.05, 0) is 35.7 Å². The van der Waals surface area contributed by atoms with Crippen LogP contribution in [0.25, 0.3) is 0 Å². The second kappa shape index (κ2) is 8.40. The topological polar surface area (TPSA) is 63.2 Å². The zero-order chi connectivity index (χ0) is 20.1. The zero-order valence-corrected chi connectivity index (χ0v) is 16.7. The second-order valence-corrected chi connectivity index (χ2v) is 8.85. The van der Waals surface area contributed by atoms with Gasteiger partial charge in [0.15, 0.2) is 9.84 Å². The Labute approximate surface area is 166 Å². The van der Waals surface area contributed by atoms with Crippen LogP contribution in [0.1, 0.15) is 33.0 Å². The van der Waals surface area contributed by atoms with Gasteiger partial charge in [-0.1, -0.05) is 66.7 Å². The van der Waals surface area contributed by atoms with Crippen molar-refractivity contribution in [3.8, 4) is 0 Å². The quantitative estimate of drug-likeness (QED) is 0.689. The molecule has 0 aliphatic rings. The lowest BCUT2D eigenvalue weighted by Crippen LogP contribution is -2.29. The maximum atomic E-state index is 12.8. The summed E-state index contributed by atoms with van der Waals surface area (Å²) >= 11 is 0. The number of amides is 1. The maximum Gasteiger partial charge on any atom is 0.251 e. The lowest BCUT2D eigenvalue weighted by atomic mass is 9.91. The third kappa shape index (κ3) is 4.67. The minimum atomic E-state index is -3.37. The summed E-state index contributed by atoms with van der Waals surface area (Å²) in [6.07, 6.45) is 1.14. The predicted molar refractivity (Wildman–Crippen MR) is 111 cm³/mol. The molecule has 0 radical (unpaired) electrons. The summed E-state index contributed by atoms with van der Waals surface area (Å²) in [5.41, 5.74) is 3.33. The molecule has 3 rings (SSSR count). The summed E-state index contributed by atoms with van der Waals surface area (Å²) in [4.78, 5) is 13.0. The highest BCUT2D eigenvalue weighted by atomic mass is 32.2. The SMILES string of the molecule is Cc1ccc(S(C)(=O)=O)cc1C(=O)NCC(c1ccccc1)c1ccccc1. The molecule has 5 heteroatoms. The van der Waals surface area contributed by atoms with Gasteiger partial charge in [0.2, 0.25) is 0 Å². The third-order valence-corrected chi connectivity index (χ3v) is 5.86. The van der Waals surface area contributed by atoms with E-state index in [9.17, 15) is 13.2 Å². The molecule has 3 aromatic carbocycles. The zero-order valence-electron chi connectivity index (χ0n) is 15.9. The summed E-state index contributed by atoms with van der Waals surface area (Å²) in [6.45, 7) is 2.21. The Morgan fingerprint density at radius 3 is 1.93 bits per heavy atom. The first kappa shape index (κ1) is 19.8. The Balaban J connectivity index is 1.85. The average Bonchev–Trinajstić information content (AvgIpc) is 2.69. The molecule has 0 aliphatic heterocycles. The van der Waals surface area contributed by atoms with Crippen molar-refractivity contribution in [2.24, 2.45) is 0 Å². The largest absolute Gasteiger partial charge is 0.351 e. The number of nitrogens with one attached hydrogen (secondary N) is 1. The van der Waals surface area contributed by atoms with E-state index in [2.05, 4.69) is 5.32 Å². The van der Waals surface area contributed by atoms with Gasteiger partial charge >= 0.3 is 0 Å². The minimum Gasteiger partial charge on any atom is -0.351 e. The van der Waals surface area contributed by atoms with Crippen LogP contribution < -0.4 is 5.32 Å². The van der Waals surface area contributed by atoms with Gasteiger partial charge in [0.25, 0.3) is 5.91 Å². The van der Waals surface area contributed by atoms with Crippen molar-refractivity contribution < 1.29 is 13.2 Å². The minimum absolute atomic E-state index is 0.00439. The first-order chi connectivity index (χ1) is 13.4. The van der Waals surface area contributed by atoms with E-state index < -0.39 is 9.84 Å². The van der Waals surface area contributed by atoms with Gasteiger partial charge in [0, 0.05) is 24.3 Å². The van der Waals surface area contributed by atoms with Crippen molar-refractivity contribution >= 4 is 15.7 Å². The van der Waals surface area contributed by atoms with Crippen molar-refractivity contribution in [2.75, 3.05) is 12.8 Å². The molecule has 1 amide bonds. The van der Waals surface area contributed by atoms with Crippen molar-refractivity contribution in [3.63, 3.8) is 0 Å². The first-order valence-electron chi connectivity index (χ1n) is 9.05. The monoisotopic (exact) mass is 393 g/mol. The van der Waals surface area contributed by atoms with Crippen molar-refractivity contribution in [1.29, 1.82) is 0 Å². The van der Waals surface area contributed by atoms with Gasteiger partial charge in [0.05, 0.1) is 4.90 Å². The number of aryl methyl sites for hydroxylation is 1. The van der Waals surface area contributed by atoms with E-state index >= 15 is 0 Å². The Morgan fingerprint density at radius 1 is 0.893 bits per heavy atom.